The molecule has 18 heavy (non-hydrogen) atoms. The highest BCUT2D eigenvalue weighted by Crippen LogP contribution is 2.37. The van der Waals surface area contributed by atoms with E-state index in [0.29, 0.717) is 11.3 Å². The van der Waals surface area contributed by atoms with Gasteiger partial charge in [0.15, 0.2) is 0 Å². The molecule has 0 spiro atoms. The largest absolute Gasteiger partial charge is 0.371 e. The maximum absolute atomic E-state index is 6.03. The van der Waals surface area contributed by atoms with Crippen LogP contribution in [0, 0.1) is 5.41 Å². The Morgan fingerprint density at radius 1 is 1.28 bits per heavy atom. The van der Waals surface area contributed by atoms with Crippen LogP contribution in [0.25, 0.3) is 0 Å². The molecule has 0 aromatic heterocycles. The van der Waals surface area contributed by atoms with Gasteiger partial charge in [0.1, 0.15) is 0 Å². The van der Waals surface area contributed by atoms with Crippen LogP contribution in [0.15, 0.2) is 18.2 Å². The average Bonchev–Trinajstić information content (AvgIpc) is 2.40. The van der Waals surface area contributed by atoms with Crippen molar-refractivity contribution in [1.82, 2.24) is 0 Å². The summed E-state index contributed by atoms with van der Waals surface area (Å²) in [6.45, 7) is 6.93. The number of anilines is 1. The Kier molecular flexibility index (Phi) is 4.45. The molecule has 1 aromatic rings. The number of halogens is 2. The second-order valence-electron chi connectivity index (χ2n) is 5.56. The zero-order valence-corrected chi connectivity index (χ0v) is 12.7. The molecule has 100 valence electrons. The van der Waals surface area contributed by atoms with Crippen LogP contribution in [0.3, 0.4) is 0 Å². The first kappa shape index (κ1) is 14.0. The summed E-state index contributed by atoms with van der Waals surface area (Å²) in [5.41, 5.74) is 2.92. The smallest absolute Gasteiger partial charge is 0.0495 e. The summed E-state index contributed by atoms with van der Waals surface area (Å²) in [6, 6.07) is 6.05. The van der Waals surface area contributed by atoms with E-state index < -0.39 is 0 Å². The van der Waals surface area contributed by atoms with Crippen molar-refractivity contribution < 1.29 is 0 Å². The van der Waals surface area contributed by atoms with Gasteiger partial charge in [-0.05, 0) is 42.0 Å². The quantitative estimate of drug-likeness (QED) is 0.699. The van der Waals surface area contributed by atoms with Crippen LogP contribution in [0.2, 0.25) is 5.02 Å². The zero-order chi connectivity index (χ0) is 13.2. The van der Waals surface area contributed by atoms with Crippen LogP contribution in [-0.2, 0) is 5.88 Å². The molecule has 1 aliphatic heterocycles. The van der Waals surface area contributed by atoms with Gasteiger partial charge in [-0.3, -0.25) is 0 Å². The van der Waals surface area contributed by atoms with Gasteiger partial charge in [-0.1, -0.05) is 31.9 Å². The highest BCUT2D eigenvalue weighted by molar-refractivity contribution is 6.30. The van der Waals surface area contributed by atoms with Gasteiger partial charge in [-0.25, -0.2) is 0 Å². The fraction of sp³-hybridized carbons (Fsp3) is 0.600. The SMILES string of the molecule is CCC1(C)CCN(c2ccc(Cl)cc2CCl)CC1. The molecule has 1 nitrogen and oxygen atoms in total. The molecule has 1 saturated heterocycles. The zero-order valence-electron chi connectivity index (χ0n) is 11.2. The molecule has 1 aromatic carbocycles. The molecule has 0 amide bonds. The number of piperidine rings is 1. The van der Waals surface area contributed by atoms with Gasteiger partial charge in [0.2, 0.25) is 0 Å². The maximum atomic E-state index is 6.03. The minimum absolute atomic E-state index is 0.518. The predicted molar refractivity (Wildman–Crippen MR) is 80.9 cm³/mol. The lowest BCUT2D eigenvalue weighted by Crippen LogP contribution is -2.38. The highest BCUT2D eigenvalue weighted by Gasteiger charge is 2.28. The molecular formula is C15H21Cl2N. The Labute approximate surface area is 120 Å². The first-order valence-electron chi connectivity index (χ1n) is 6.67. The van der Waals surface area contributed by atoms with E-state index in [1.54, 1.807) is 0 Å². The lowest BCUT2D eigenvalue weighted by Gasteiger charge is -2.40. The standard InChI is InChI=1S/C15H21Cl2N/c1-3-15(2)6-8-18(9-7-15)14-5-4-13(17)10-12(14)11-16/h4-5,10H,3,6-9,11H2,1-2H3. The fourth-order valence-electron chi connectivity index (χ4n) is 2.61. The van der Waals surface area contributed by atoms with Gasteiger partial charge >= 0.3 is 0 Å². The van der Waals surface area contributed by atoms with E-state index in [1.165, 1.54) is 24.9 Å². The van der Waals surface area contributed by atoms with E-state index >= 15 is 0 Å². The minimum atomic E-state index is 0.518. The summed E-state index contributed by atoms with van der Waals surface area (Å²) in [5, 5.41) is 0.768. The van der Waals surface area contributed by atoms with Crippen molar-refractivity contribution >= 4 is 28.9 Å². The molecule has 0 N–H and O–H groups in total. The molecule has 0 bridgehead atoms. The monoisotopic (exact) mass is 285 g/mol. The summed E-state index contributed by atoms with van der Waals surface area (Å²) in [5.74, 6) is 0.525. The summed E-state index contributed by atoms with van der Waals surface area (Å²) in [7, 11) is 0. The average molecular weight is 286 g/mol. The molecular weight excluding hydrogens is 265 g/mol. The van der Waals surface area contributed by atoms with Crippen molar-refractivity contribution in [2.45, 2.75) is 39.0 Å². The molecule has 0 unspecified atom stereocenters. The van der Waals surface area contributed by atoms with Crippen molar-refractivity contribution in [2.75, 3.05) is 18.0 Å². The van der Waals surface area contributed by atoms with Crippen molar-refractivity contribution in [2.24, 2.45) is 5.41 Å². The summed E-state index contributed by atoms with van der Waals surface area (Å²) < 4.78 is 0. The van der Waals surface area contributed by atoms with E-state index in [9.17, 15) is 0 Å². The number of hydrogen-bond acceptors (Lipinski definition) is 1. The number of benzene rings is 1. The van der Waals surface area contributed by atoms with Gasteiger partial charge in [-0.15, -0.1) is 11.6 Å². The third kappa shape index (κ3) is 2.95. The maximum Gasteiger partial charge on any atom is 0.0495 e. The molecule has 1 heterocycles. The van der Waals surface area contributed by atoms with Crippen LogP contribution in [0.4, 0.5) is 5.69 Å². The Hall–Kier alpha value is -0.400. The predicted octanol–water partition coefficient (Wildman–Crippen LogP) is 5.10. The van der Waals surface area contributed by atoms with Crippen LogP contribution in [0.5, 0.6) is 0 Å². The second-order valence-corrected chi connectivity index (χ2v) is 6.26. The first-order chi connectivity index (χ1) is 8.58. The number of nitrogens with zero attached hydrogens (tertiary/aromatic N) is 1. The van der Waals surface area contributed by atoms with Crippen molar-refractivity contribution in [3.63, 3.8) is 0 Å². The van der Waals surface area contributed by atoms with Gasteiger partial charge < -0.3 is 4.90 Å². The molecule has 0 atom stereocenters. The molecule has 0 saturated carbocycles. The minimum Gasteiger partial charge on any atom is -0.371 e. The number of alkyl halides is 1. The summed E-state index contributed by atoms with van der Waals surface area (Å²) in [4.78, 5) is 2.45. The van der Waals surface area contributed by atoms with Crippen LogP contribution < -0.4 is 4.90 Å². The third-order valence-electron chi connectivity index (χ3n) is 4.35. The van der Waals surface area contributed by atoms with E-state index in [0.717, 1.165) is 23.7 Å². The first-order valence-corrected chi connectivity index (χ1v) is 7.58. The lowest BCUT2D eigenvalue weighted by molar-refractivity contribution is 0.238. The van der Waals surface area contributed by atoms with Crippen molar-refractivity contribution in [3.05, 3.63) is 28.8 Å². The van der Waals surface area contributed by atoms with E-state index in [4.69, 9.17) is 23.2 Å². The van der Waals surface area contributed by atoms with E-state index in [2.05, 4.69) is 24.8 Å². The topological polar surface area (TPSA) is 3.24 Å². The molecule has 1 fully saturated rings. The van der Waals surface area contributed by atoms with Gasteiger partial charge in [0.25, 0.3) is 0 Å². The van der Waals surface area contributed by atoms with E-state index in [-0.39, 0.29) is 0 Å². The fourth-order valence-corrected chi connectivity index (χ4v) is 3.02. The Morgan fingerprint density at radius 3 is 2.50 bits per heavy atom. The van der Waals surface area contributed by atoms with Crippen LogP contribution in [-0.4, -0.2) is 13.1 Å². The second kappa shape index (κ2) is 5.71. The molecule has 2 rings (SSSR count). The van der Waals surface area contributed by atoms with E-state index in [1.807, 2.05) is 12.1 Å². The van der Waals surface area contributed by atoms with Crippen molar-refractivity contribution in [1.29, 1.82) is 0 Å². The van der Waals surface area contributed by atoms with Crippen LogP contribution >= 0.6 is 23.2 Å². The normalized spacial score (nSPS) is 19.0. The Bertz CT molecular complexity index is 409. The van der Waals surface area contributed by atoms with Crippen molar-refractivity contribution in [3.8, 4) is 0 Å². The Morgan fingerprint density at radius 2 is 1.94 bits per heavy atom. The van der Waals surface area contributed by atoms with Crippen LogP contribution in [0.1, 0.15) is 38.7 Å². The highest BCUT2D eigenvalue weighted by atomic mass is 35.5. The molecule has 0 aliphatic carbocycles. The third-order valence-corrected chi connectivity index (χ3v) is 4.87. The van der Waals surface area contributed by atoms with Gasteiger partial charge in [0, 0.05) is 29.7 Å². The number of rotatable bonds is 3. The van der Waals surface area contributed by atoms with Gasteiger partial charge in [-0.2, -0.15) is 0 Å². The molecule has 1 aliphatic rings. The summed E-state index contributed by atoms with van der Waals surface area (Å²) in [6.07, 6.45) is 3.78. The Balaban J connectivity index is 2.14. The summed E-state index contributed by atoms with van der Waals surface area (Å²) >= 11 is 12.0. The number of hydrogen-bond donors (Lipinski definition) is 0. The van der Waals surface area contributed by atoms with Gasteiger partial charge in [0.05, 0.1) is 0 Å². The lowest BCUT2D eigenvalue weighted by atomic mass is 9.78. The molecule has 0 radical (unpaired) electrons. The molecule has 3 heteroatoms.